The molecular formula is C10H16N2O3S. The molecule has 90 valence electrons. The van der Waals surface area contributed by atoms with Crippen molar-refractivity contribution in [3.63, 3.8) is 0 Å². The van der Waals surface area contributed by atoms with Crippen LogP contribution in [0.25, 0.3) is 0 Å². The third-order valence-corrected chi connectivity index (χ3v) is 2.62. The van der Waals surface area contributed by atoms with Crippen LogP contribution in [-0.4, -0.2) is 26.7 Å². The van der Waals surface area contributed by atoms with Crippen LogP contribution >= 0.6 is 0 Å². The van der Waals surface area contributed by atoms with Crippen LogP contribution in [0.3, 0.4) is 0 Å². The van der Waals surface area contributed by atoms with E-state index in [4.69, 9.17) is 5.73 Å². The number of hydrogen-bond acceptors (Lipinski definition) is 4. The summed E-state index contributed by atoms with van der Waals surface area (Å²) in [6.45, 7) is 1.68. The molecule has 0 saturated carbocycles. The zero-order chi connectivity index (χ0) is 12.3. The fourth-order valence-electron chi connectivity index (χ4n) is 1.28. The van der Waals surface area contributed by atoms with Crippen molar-refractivity contribution >= 4 is 16.7 Å². The number of nitrogens with two attached hydrogens (primary N) is 1. The summed E-state index contributed by atoms with van der Waals surface area (Å²) in [5, 5.41) is 19.2. The average Bonchev–Trinajstić information content (AvgIpc) is 2.19. The zero-order valence-electron chi connectivity index (χ0n) is 9.18. The smallest absolute Gasteiger partial charge is 0.139 e. The van der Waals surface area contributed by atoms with E-state index in [0.29, 0.717) is 11.3 Å². The van der Waals surface area contributed by atoms with Gasteiger partial charge in [0.2, 0.25) is 0 Å². The number of phenols is 1. The molecule has 5 N–H and O–H groups in total. The number of benzene rings is 1. The number of aliphatic hydroxyl groups excluding tert-OH is 1. The lowest BCUT2D eigenvalue weighted by Gasteiger charge is -2.16. The van der Waals surface area contributed by atoms with Gasteiger partial charge >= 0.3 is 0 Å². The first-order valence-electron chi connectivity index (χ1n) is 4.78. The predicted octanol–water partition coefficient (Wildman–Crippen LogP) is 0.478. The minimum Gasteiger partial charge on any atom is -0.506 e. The van der Waals surface area contributed by atoms with Gasteiger partial charge in [-0.15, -0.1) is 0 Å². The maximum atomic E-state index is 11.0. The highest BCUT2D eigenvalue weighted by Gasteiger charge is 2.14. The van der Waals surface area contributed by atoms with Gasteiger partial charge in [-0.2, -0.15) is 0 Å². The maximum absolute atomic E-state index is 11.0. The molecule has 0 fully saturated rings. The van der Waals surface area contributed by atoms with Gasteiger partial charge in [-0.3, -0.25) is 0 Å². The third kappa shape index (κ3) is 3.19. The first-order chi connectivity index (χ1) is 7.41. The molecule has 0 aromatic heterocycles. The SMILES string of the molecule is C[C@H](N)[C@H](O)c1ccc(O)c(NS(C)=O)c1. The molecule has 1 aromatic carbocycles. The fraction of sp³-hybridized carbons (Fsp3) is 0.400. The van der Waals surface area contributed by atoms with Gasteiger partial charge in [0, 0.05) is 12.3 Å². The quantitative estimate of drug-likeness (QED) is 0.579. The normalized spacial score (nSPS) is 16.5. The fourth-order valence-corrected chi connectivity index (χ4v) is 1.75. The van der Waals surface area contributed by atoms with E-state index in [2.05, 4.69) is 4.72 Å². The zero-order valence-corrected chi connectivity index (χ0v) is 9.99. The largest absolute Gasteiger partial charge is 0.506 e. The number of rotatable bonds is 4. The number of hydrogen-bond donors (Lipinski definition) is 4. The molecule has 1 unspecified atom stereocenters. The predicted molar refractivity (Wildman–Crippen MR) is 64.4 cm³/mol. The second kappa shape index (κ2) is 5.29. The Kier molecular flexibility index (Phi) is 4.28. The minimum absolute atomic E-state index is 0.0178. The number of nitrogens with one attached hydrogen (secondary N) is 1. The van der Waals surface area contributed by atoms with E-state index in [0.717, 1.165) is 0 Å². The molecular weight excluding hydrogens is 228 g/mol. The summed E-state index contributed by atoms with van der Waals surface area (Å²) in [7, 11) is -1.28. The Balaban J connectivity index is 3.02. The number of anilines is 1. The van der Waals surface area contributed by atoms with Crippen LogP contribution in [0.2, 0.25) is 0 Å². The van der Waals surface area contributed by atoms with Crippen LogP contribution in [0.5, 0.6) is 5.75 Å². The summed E-state index contributed by atoms with van der Waals surface area (Å²) in [6, 6.07) is 4.12. The topological polar surface area (TPSA) is 95.6 Å². The Morgan fingerprint density at radius 3 is 2.62 bits per heavy atom. The van der Waals surface area contributed by atoms with E-state index in [1.54, 1.807) is 13.0 Å². The van der Waals surface area contributed by atoms with E-state index in [9.17, 15) is 14.4 Å². The lowest BCUT2D eigenvalue weighted by atomic mass is 10.0. The second-order valence-corrected chi connectivity index (χ2v) is 4.75. The van der Waals surface area contributed by atoms with E-state index >= 15 is 0 Å². The summed E-state index contributed by atoms with van der Waals surface area (Å²) >= 11 is 0. The Hall–Kier alpha value is -1.11. The first-order valence-corrected chi connectivity index (χ1v) is 6.34. The van der Waals surface area contributed by atoms with Crippen molar-refractivity contribution in [3.05, 3.63) is 23.8 Å². The molecule has 1 aromatic rings. The lowest BCUT2D eigenvalue weighted by Crippen LogP contribution is -2.24. The molecule has 0 saturated heterocycles. The summed E-state index contributed by atoms with van der Waals surface area (Å²) < 4.78 is 13.6. The molecule has 6 heteroatoms. The molecule has 5 nitrogen and oxygen atoms in total. The molecule has 0 spiro atoms. The van der Waals surface area contributed by atoms with Gasteiger partial charge < -0.3 is 20.7 Å². The van der Waals surface area contributed by atoms with Crippen LogP contribution < -0.4 is 10.5 Å². The van der Waals surface area contributed by atoms with Crippen LogP contribution in [0, 0.1) is 0 Å². The van der Waals surface area contributed by atoms with Crippen molar-refractivity contribution in [2.45, 2.75) is 19.1 Å². The van der Waals surface area contributed by atoms with Crippen LogP contribution in [-0.2, 0) is 11.0 Å². The van der Waals surface area contributed by atoms with Crippen molar-refractivity contribution in [1.82, 2.24) is 0 Å². The Morgan fingerprint density at radius 1 is 1.50 bits per heavy atom. The van der Waals surface area contributed by atoms with E-state index in [-0.39, 0.29) is 5.75 Å². The van der Waals surface area contributed by atoms with Crippen molar-refractivity contribution in [1.29, 1.82) is 0 Å². The Labute approximate surface area is 96.9 Å². The van der Waals surface area contributed by atoms with Gasteiger partial charge in [-0.25, -0.2) is 4.21 Å². The monoisotopic (exact) mass is 244 g/mol. The summed E-state index contributed by atoms with van der Waals surface area (Å²) in [5.41, 5.74) is 6.45. The molecule has 0 heterocycles. The van der Waals surface area contributed by atoms with Gasteiger partial charge in [0.1, 0.15) is 16.7 Å². The molecule has 0 aliphatic carbocycles. The molecule has 0 amide bonds. The van der Waals surface area contributed by atoms with Gasteiger partial charge in [0.15, 0.2) is 0 Å². The van der Waals surface area contributed by atoms with Crippen LogP contribution in [0.4, 0.5) is 5.69 Å². The van der Waals surface area contributed by atoms with Crippen molar-refractivity contribution in [2.24, 2.45) is 5.73 Å². The van der Waals surface area contributed by atoms with Crippen molar-refractivity contribution in [2.75, 3.05) is 11.0 Å². The van der Waals surface area contributed by atoms with Crippen molar-refractivity contribution in [3.8, 4) is 5.75 Å². The average molecular weight is 244 g/mol. The summed E-state index contributed by atoms with van der Waals surface area (Å²) in [6.07, 6.45) is 0.639. The lowest BCUT2D eigenvalue weighted by molar-refractivity contribution is 0.153. The molecule has 0 radical (unpaired) electrons. The number of aliphatic hydroxyl groups is 1. The highest BCUT2D eigenvalue weighted by Crippen LogP contribution is 2.28. The number of phenolic OH excluding ortho intramolecular Hbond substituents is 1. The van der Waals surface area contributed by atoms with Gasteiger partial charge in [0.05, 0.1) is 11.8 Å². The highest BCUT2D eigenvalue weighted by atomic mass is 32.2. The third-order valence-electron chi connectivity index (χ3n) is 2.11. The van der Waals surface area contributed by atoms with Crippen molar-refractivity contribution < 1.29 is 14.4 Å². The van der Waals surface area contributed by atoms with E-state index < -0.39 is 23.1 Å². The molecule has 1 rings (SSSR count). The summed E-state index contributed by atoms with van der Waals surface area (Å²) in [5.74, 6) is -0.0178. The van der Waals surface area contributed by atoms with Gasteiger partial charge in [-0.05, 0) is 24.6 Å². The van der Waals surface area contributed by atoms with Crippen LogP contribution in [0.1, 0.15) is 18.6 Å². The van der Waals surface area contributed by atoms with Gasteiger partial charge in [-0.1, -0.05) is 6.07 Å². The van der Waals surface area contributed by atoms with Crippen LogP contribution in [0.15, 0.2) is 18.2 Å². The maximum Gasteiger partial charge on any atom is 0.139 e. The first kappa shape index (κ1) is 13.0. The van der Waals surface area contributed by atoms with Gasteiger partial charge in [0.25, 0.3) is 0 Å². The standard InChI is InChI=1S/C10H16N2O3S/c1-6(11)10(14)7-3-4-9(13)8(5-7)12-16(2)15/h3-6,10,12-14H,11H2,1-2H3/t6-,10-,16?/m0/s1. The molecule has 0 aliphatic heterocycles. The number of aromatic hydroxyl groups is 1. The summed E-state index contributed by atoms with van der Waals surface area (Å²) in [4.78, 5) is 0. The molecule has 3 atom stereocenters. The molecule has 16 heavy (non-hydrogen) atoms. The highest BCUT2D eigenvalue weighted by molar-refractivity contribution is 7.85. The van der Waals surface area contributed by atoms with E-state index in [1.165, 1.54) is 18.4 Å². The minimum atomic E-state index is -1.28. The Bertz CT molecular complexity index is 396. The molecule has 0 aliphatic rings. The van der Waals surface area contributed by atoms with E-state index in [1.807, 2.05) is 0 Å². The molecule has 0 bridgehead atoms. The Morgan fingerprint density at radius 2 is 2.12 bits per heavy atom. The second-order valence-electron chi connectivity index (χ2n) is 3.64.